The van der Waals surface area contributed by atoms with Crippen molar-refractivity contribution in [2.45, 2.75) is 64.1 Å². The molecule has 5 nitrogen and oxygen atoms in total. The van der Waals surface area contributed by atoms with Crippen LogP contribution in [0.4, 0.5) is 0 Å². The molecule has 1 aliphatic carbocycles. The van der Waals surface area contributed by atoms with E-state index in [1.807, 2.05) is 31.8 Å². The second-order valence-electron chi connectivity index (χ2n) is 6.65. The molecule has 3 rings (SSSR count). The molecule has 2 aliphatic rings. The minimum absolute atomic E-state index is 0.00984. The van der Waals surface area contributed by atoms with Crippen molar-refractivity contribution in [2.24, 2.45) is 13.0 Å². The Morgan fingerprint density at radius 3 is 2.90 bits per heavy atom. The van der Waals surface area contributed by atoms with Gasteiger partial charge in [0.05, 0.1) is 18.3 Å². The van der Waals surface area contributed by atoms with E-state index in [2.05, 4.69) is 15.7 Å². The average Bonchev–Trinajstić information content (AvgIpc) is 3.03. The third-order valence-corrected chi connectivity index (χ3v) is 5.28. The van der Waals surface area contributed by atoms with E-state index in [-0.39, 0.29) is 18.0 Å². The van der Waals surface area contributed by atoms with Crippen LogP contribution in [0.3, 0.4) is 0 Å². The Hall–Kier alpha value is -1.36. The molecular weight excluding hydrogens is 264 g/mol. The van der Waals surface area contributed by atoms with E-state index >= 15 is 0 Å². The van der Waals surface area contributed by atoms with Crippen LogP contribution in [0, 0.1) is 12.8 Å². The second-order valence-corrected chi connectivity index (χ2v) is 6.65. The standard InChI is InChI=1S/C16H26N4O/c1-10(13-9-17-20(3)11(13)2)18-16(21)15-8-12-6-4-5-7-14(12)19-15/h9-10,12,14-15,19H,4-8H2,1-3H3,(H,18,21)/t10-,12-,14-,15-/m0/s1. The van der Waals surface area contributed by atoms with Crippen LogP contribution in [-0.2, 0) is 11.8 Å². The number of nitrogens with zero attached hydrogens (tertiary/aromatic N) is 2. The van der Waals surface area contributed by atoms with Crippen LogP contribution in [-0.4, -0.2) is 27.8 Å². The molecule has 0 radical (unpaired) electrons. The summed E-state index contributed by atoms with van der Waals surface area (Å²) in [5, 5.41) is 10.9. The van der Waals surface area contributed by atoms with E-state index in [0.29, 0.717) is 12.0 Å². The number of amides is 1. The van der Waals surface area contributed by atoms with Crippen LogP contribution in [0.2, 0.25) is 0 Å². The number of nitrogens with one attached hydrogen (secondary N) is 2. The van der Waals surface area contributed by atoms with Gasteiger partial charge in [0.25, 0.3) is 0 Å². The summed E-state index contributed by atoms with van der Waals surface area (Å²) in [4.78, 5) is 12.5. The molecular formula is C16H26N4O. The molecule has 0 unspecified atom stereocenters. The molecule has 1 aliphatic heterocycles. The monoisotopic (exact) mass is 290 g/mol. The number of carbonyl (C=O) groups excluding carboxylic acids is 1. The maximum absolute atomic E-state index is 12.5. The topological polar surface area (TPSA) is 59.0 Å². The van der Waals surface area contributed by atoms with Gasteiger partial charge in [0.2, 0.25) is 5.91 Å². The first kappa shape index (κ1) is 14.6. The van der Waals surface area contributed by atoms with E-state index in [4.69, 9.17) is 0 Å². The number of aromatic nitrogens is 2. The lowest BCUT2D eigenvalue weighted by Gasteiger charge is -2.24. The number of fused-ring (bicyclic) bond motifs is 1. The number of hydrogen-bond donors (Lipinski definition) is 2. The Labute approximate surface area is 126 Å². The predicted octanol–water partition coefficient (Wildman–Crippen LogP) is 1.83. The molecule has 2 fully saturated rings. The maximum Gasteiger partial charge on any atom is 0.237 e. The van der Waals surface area contributed by atoms with Crippen LogP contribution in [0.5, 0.6) is 0 Å². The van der Waals surface area contributed by atoms with Crippen molar-refractivity contribution in [3.05, 3.63) is 17.5 Å². The van der Waals surface area contributed by atoms with Gasteiger partial charge in [-0.2, -0.15) is 5.10 Å². The quantitative estimate of drug-likeness (QED) is 0.893. The largest absolute Gasteiger partial charge is 0.348 e. The maximum atomic E-state index is 12.5. The van der Waals surface area contributed by atoms with E-state index in [0.717, 1.165) is 17.7 Å². The van der Waals surface area contributed by atoms with Gasteiger partial charge in [0.1, 0.15) is 0 Å². The van der Waals surface area contributed by atoms with Gasteiger partial charge < -0.3 is 10.6 Å². The fourth-order valence-electron chi connectivity index (χ4n) is 3.85. The Kier molecular flexibility index (Phi) is 4.02. The summed E-state index contributed by atoms with van der Waals surface area (Å²) in [7, 11) is 1.93. The highest BCUT2D eigenvalue weighted by molar-refractivity contribution is 5.82. The molecule has 0 aromatic carbocycles. The van der Waals surface area contributed by atoms with Crippen LogP contribution < -0.4 is 10.6 Å². The summed E-state index contributed by atoms with van der Waals surface area (Å²) in [5.74, 6) is 0.838. The van der Waals surface area contributed by atoms with Gasteiger partial charge in [-0.15, -0.1) is 0 Å². The SMILES string of the molecule is Cc1c([C@H](C)NC(=O)[C@@H]2C[C@@H]3CCCC[C@@H]3N2)cnn1C. The van der Waals surface area contributed by atoms with Crippen molar-refractivity contribution in [1.82, 2.24) is 20.4 Å². The molecule has 1 amide bonds. The fraction of sp³-hybridized carbons (Fsp3) is 0.750. The number of rotatable bonds is 3. The molecule has 116 valence electrons. The van der Waals surface area contributed by atoms with E-state index < -0.39 is 0 Å². The summed E-state index contributed by atoms with van der Waals surface area (Å²) < 4.78 is 1.85. The molecule has 4 atom stereocenters. The zero-order valence-corrected chi connectivity index (χ0v) is 13.2. The predicted molar refractivity (Wildman–Crippen MR) is 81.8 cm³/mol. The molecule has 2 heterocycles. The van der Waals surface area contributed by atoms with Crippen molar-refractivity contribution < 1.29 is 4.79 Å². The second kappa shape index (κ2) is 5.79. The highest BCUT2D eigenvalue weighted by Crippen LogP contribution is 2.33. The smallest absolute Gasteiger partial charge is 0.237 e. The van der Waals surface area contributed by atoms with E-state index in [1.165, 1.54) is 25.7 Å². The third-order valence-electron chi connectivity index (χ3n) is 5.28. The van der Waals surface area contributed by atoms with Gasteiger partial charge >= 0.3 is 0 Å². The van der Waals surface area contributed by atoms with Crippen LogP contribution in [0.1, 0.15) is 56.3 Å². The van der Waals surface area contributed by atoms with Crippen molar-refractivity contribution in [1.29, 1.82) is 0 Å². The van der Waals surface area contributed by atoms with E-state index in [9.17, 15) is 4.79 Å². The van der Waals surface area contributed by atoms with Gasteiger partial charge in [0, 0.05) is 24.3 Å². The van der Waals surface area contributed by atoms with E-state index in [1.54, 1.807) is 0 Å². The van der Waals surface area contributed by atoms with Gasteiger partial charge in [-0.05, 0) is 39.0 Å². The van der Waals surface area contributed by atoms with Crippen LogP contribution in [0.15, 0.2) is 6.20 Å². The molecule has 0 bridgehead atoms. The summed E-state index contributed by atoms with van der Waals surface area (Å²) >= 11 is 0. The lowest BCUT2D eigenvalue weighted by molar-refractivity contribution is -0.123. The number of aryl methyl sites for hydroxylation is 1. The molecule has 21 heavy (non-hydrogen) atoms. The Morgan fingerprint density at radius 2 is 2.24 bits per heavy atom. The molecule has 1 aromatic heterocycles. The minimum Gasteiger partial charge on any atom is -0.348 e. The summed E-state index contributed by atoms with van der Waals surface area (Å²) in [6.07, 6.45) is 7.97. The van der Waals surface area contributed by atoms with Crippen LogP contribution >= 0.6 is 0 Å². The first-order valence-corrected chi connectivity index (χ1v) is 8.11. The molecule has 1 saturated carbocycles. The van der Waals surface area contributed by atoms with Gasteiger partial charge in [-0.1, -0.05) is 12.8 Å². The summed E-state index contributed by atoms with van der Waals surface area (Å²) in [5.41, 5.74) is 2.21. The first-order valence-electron chi connectivity index (χ1n) is 8.11. The molecule has 2 N–H and O–H groups in total. The van der Waals surface area contributed by atoms with Crippen LogP contribution in [0.25, 0.3) is 0 Å². The third kappa shape index (κ3) is 2.84. The summed E-state index contributed by atoms with van der Waals surface area (Å²) in [6.45, 7) is 4.07. The van der Waals surface area contributed by atoms with Crippen molar-refractivity contribution in [2.75, 3.05) is 0 Å². The molecule has 5 heteroatoms. The minimum atomic E-state index is -0.0162. The lowest BCUT2D eigenvalue weighted by Crippen LogP contribution is -2.43. The van der Waals surface area contributed by atoms with Crippen molar-refractivity contribution >= 4 is 5.91 Å². The zero-order valence-electron chi connectivity index (χ0n) is 13.2. The highest BCUT2D eigenvalue weighted by Gasteiger charge is 2.38. The zero-order chi connectivity index (χ0) is 15.0. The average molecular weight is 290 g/mol. The highest BCUT2D eigenvalue weighted by atomic mass is 16.2. The lowest BCUT2D eigenvalue weighted by atomic mass is 9.85. The molecule has 0 spiro atoms. The van der Waals surface area contributed by atoms with Gasteiger partial charge in [0.15, 0.2) is 0 Å². The molecule has 1 saturated heterocycles. The normalized spacial score (nSPS) is 30.0. The van der Waals surface area contributed by atoms with Gasteiger partial charge in [-0.25, -0.2) is 0 Å². The Balaban J connectivity index is 1.60. The summed E-state index contributed by atoms with van der Waals surface area (Å²) in [6, 6.07) is 0.554. The Morgan fingerprint density at radius 1 is 1.48 bits per heavy atom. The Bertz CT molecular complexity index is 510. The van der Waals surface area contributed by atoms with Crippen molar-refractivity contribution in [3.8, 4) is 0 Å². The fourth-order valence-corrected chi connectivity index (χ4v) is 3.85. The number of hydrogen-bond acceptors (Lipinski definition) is 3. The first-order chi connectivity index (χ1) is 10.1. The van der Waals surface area contributed by atoms with Crippen molar-refractivity contribution in [3.63, 3.8) is 0 Å². The van der Waals surface area contributed by atoms with Gasteiger partial charge in [-0.3, -0.25) is 9.48 Å². The molecule has 1 aromatic rings. The number of carbonyl (C=O) groups is 1.